The van der Waals surface area contributed by atoms with Crippen molar-refractivity contribution in [2.45, 2.75) is 19.3 Å². The summed E-state index contributed by atoms with van der Waals surface area (Å²) in [4.78, 5) is 42.4. The lowest BCUT2D eigenvalue weighted by Gasteiger charge is -1.99. The van der Waals surface area contributed by atoms with E-state index >= 15 is 0 Å². The number of carbonyl (C=O) groups is 4. The number of Topliss-reactive ketones (excluding diaryl/α,β-unsaturated/α-hetero) is 1. The van der Waals surface area contributed by atoms with Crippen LogP contribution in [0.15, 0.2) is 0 Å². The number of esters is 2. The van der Waals surface area contributed by atoms with Crippen molar-refractivity contribution in [2.75, 3.05) is 5.33 Å². The molecule has 6 nitrogen and oxygen atoms in total. The molecular formula is C8H9BrO6. The van der Waals surface area contributed by atoms with Crippen molar-refractivity contribution in [2.24, 2.45) is 0 Å². The zero-order valence-electron chi connectivity index (χ0n) is 7.69. The molecule has 0 bridgehead atoms. The Morgan fingerprint density at radius 2 is 1.67 bits per heavy atom. The Balaban J connectivity index is 3.81. The van der Waals surface area contributed by atoms with E-state index in [9.17, 15) is 19.2 Å². The number of ketones is 1. The molecule has 0 atom stereocenters. The lowest BCUT2D eigenvalue weighted by Crippen LogP contribution is -2.17. The van der Waals surface area contributed by atoms with Crippen LogP contribution >= 0.6 is 15.9 Å². The topological polar surface area (TPSA) is 97.7 Å². The van der Waals surface area contributed by atoms with E-state index in [1.807, 2.05) is 0 Å². The number of alkyl halides is 1. The van der Waals surface area contributed by atoms with Gasteiger partial charge in [0, 0.05) is 6.42 Å². The van der Waals surface area contributed by atoms with Crippen LogP contribution < -0.4 is 0 Å². The minimum atomic E-state index is -1.12. The predicted molar refractivity (Wildman–Crippen MR) is 51.4 cm³/mol. The van der Waals surface area contributed by atoms with Crippen LogP contribution in [-0.4, -0.2) is 34.1 Å². The van der Waals surface area contributed by atoms with Crippen molar-refractivity contribution in [1.29, 1.82) is 0 Å². The summed E-state index contributed by atoms with van der Waals surface area (Å²) < 4.78 is 4.18. The largest absolute Gasteiger partial charge is 0.481 e. The third-order valence-corrected chi connectivity index (χ3v) is 1.75. The van der Waals surface area contributed by atoms with Gasteiger partial charge in [-0.2, -0.15) is 0 Å². The highest BCUT2D eigenvalue weighted by atomic mass is 79.9. The number of halogens is 1. The van der Waals surface area contributed by atoms with Gasteiger partial charge in [-0.25, -0.2) is 0 Å². The SMILES string of the molecule is O=C(O)CCC(=O)CC(=O)OC(=O)CBr. The van der Waals surface area contributed by atoms with Gasteiger partial charge in [0.15, 0.2) is 0 Å². The van der Waals surface area contributed by atoms with Gasteiger partial charge < -0.3 is 9.84 Å². The quantitative estimate of drug-likeness (QED) is 0.426. The van der Waals surface area contributed by atoms with E-state index < -0.39 is 30.1 Å². The maximum absolute atomic E-state index is 10.9. The Bertz CT molecular complexity index is 285. The molecule has 7 heteroatoms. The molecule has 0 fully saturated rings. The van der Waals surface area contributed by atoms with E-state index in [1.165, 1.54) is 0 Å². The van der Waals surface area contributed by atoms with E-state index in [4.69, 9.17) is 5.11 Å². The number of carboxylic acids is 1. The molecule has 15 heavy (non-hydrogen) atoms. The van der Waals surface area contributed by atoms with Gasteiger partial charge >= 0.3 is 17.9 Å². The average molecular weight is 281 g/mol. The zero-order chi connectivity index (χ0) is 11.8. The molecule has 0 aromatic heterocycles. The molecule has 0 saturated heterocycles. The Hall–Kier alpha value is -1.24. The highest BCUT2D eigenvalue weighted by Gasteiger charge is 2.14. The van der Waals surface area contributed by atoms with Crippen LogP contribution in [0.25, 0.3) is 0 Å². The summed E-state index contributed by atoms with van der Waals surface area (Å²) in [5.74, 6) is -3.43. The van der Waals surface area contributed by atoms with Crippen LogP contribution in [0.5, 0.6) is 0 Å². The van der Waals surface area contributed by atoms with Gasteiger partial charge in [-0.3, -0.25) is 19.2 Å². The Kier molecular flexibility index (Phi) is 6.52. The molecule has 0 radical (unpaired) electrons. The van der Waals surface area contributed by atoms with Gasteiger partial charge in [0.2, 0.25) is 0 Å². The summed E-state index contributed by atoms with van der Waals surface area (Å²) in [5.41, 5.74) is 0. The molecule has 0 aliphatic heterocycles. The third-order valence-electron chi connectivity index (χ3n) is 1.30. The molecule has 84 valence electrons. The number of carboxylic acid groups (broad SMARTS) is 1. The van der Waals surface area contributed by atoms with Gasteiger partial charge in [-0.15, -0.1) is 0 Å². The maximum atomic E-state index is 10.9. The summed E-state index contributed by atoms with van der Waals surface area (Å²) in [6.45, 7) is 0. The number of hydrogen-bond acceptors (Lipinski definition) is 5. The molecule has 0 unspecified atom stereocenters. The zero-order valence-corrected chi connectivity index (χ0v) is 9.28. The van der Waals surface area contributed by atoms with E-state index in [0.717, 1.165) is 0 Å². The average Bonchev–Trinajstić information content (AvgIpc) is 2.14. The maximum Gasteiger partial charge on any atom is 0.324 e. The van der Waals surface area contributed by atoms with Crippen molar-refractivity contribution < 1.29 is 29.0 Å². The number of aliphatic carboxylic acids is 1. The first-order valence-electron chi connectivity index (χ1n) is 3.98. The first-order valence-corrected chi connectivity index (χ1v) is 5.10. The van der Waals surface area contributed by atoms with E-state index in [-0.39, 0.29) is 18.2 Å². The standard InChI is InChI=1S/C8H9BrO6/c9-4-8(14)15-7(13)3-5(10)1-2-6(11)12/h1-4H2,(H,11,12). The number of ether oxygens (including phenoxy) is 1. The van der Waals surface area contributed by atoms with Gasteiger partial charge in [-0.05, 0) is 0 Å². The molecule has 0 aliphatic rings. The molecule has 1 N–H and O–H groups in total. The Labute approximate surface area is 93.7 Å². The minimum absolute atomic E-state index is 0.137. The predicted octanol–water partition coefficient (Wildman–Crippen LogP) is 0.275. The Morgan fingerprint density at radius 1 is 1.07 bits per heavy atom. The van der Waals surface area contributed by atoms with Crippen LogP contribution in [0.1, 0.15) is 19.3 Å². The monoisotopic (exact) mass is 280 g/mol. The van der Waals surface area contributed by atoms with Crippen LogP contribution in [0.4, 0.5) is 0 Å². The third kappa shape index (κ3) is 7.80. The molecule has 0 heterocycles. The van der Waals surface area contributed by atoms with E-state index in [0.29, 0.717) is 0 Å². The normalized spacial score (nSPS) is 9.40. The van der Waals surface area contributed by atoms with Gasteiger partial charge in [0.05, 0.1) is 6.42 Å². The number of hydrogen-bond donors (Lipinski definition) is 1. The molecule has 0 spiro atoms. The molecule has 0 aromatic rings. The summed E-state index contributed by atoms with van der Waals surface area (Å²) in [6, 6.07) is 0. The van der Waals surface area contributed by atoms with Crippen molar-refractivity contribution in [1.82, 2.24) is 0 Å². The van der Waals surface area contributed by atoms with Crippen molar-refractivity contribution in [3.8, 4) is 0 Å². The Morgan fingerprint density at radius 3 is 2.13 bits per heavy atom. The van der Waals surface area contributed by atoms with Crippen LogP contribution in [0.2, 0.25) is 0 Å². The van der Waals surface area contributed by atoms with Gasteiger partial charge in [0.25, 0.3) is 0 Å². The molecule has 0 rings (SSSR count). The second kappa shape index (κ2) is 7.10. The number of carbonyl (C=O) groups excluding carboxylic acids is 3. The summed E-state index contributed by atoms with van der Waals surface area (Å²) >= 11 is 2.77. The summed E-state index contributed by atoms with van der Waals surface area (Å²) in [6.07, 6.45) is -1.16. The smallest absolute Gasteiger partial charge is 0.324 e. The van der Waals surface area contributed by atoms with Crippen LogP contribution in [-0.2, 0) is 23.9 Å². The lowest BCUT2D eigenvalue weighted by atomic mass is 10.2. The fourth-order valence-corrected chi connectivity index (χ4v) is 0.801. The van der Waals surface area contributed by atoms with Gasteiger partial charge in [0.1, 0.15) is 17.5 Å². The van der Waals surface area contributed by atoms with Crippen LogP contribution in [0, 0.1) is 0 Å². The van der Waals surface area contributed by atoms with Crippen LogP contribution in [0.3, 0.4) is 0 Å². The summed E-state index contributed by atoms with van der Waals surface area (Å²) in [7, 11) is 0. The highest BCUT2D eigenvalue weighted by Crippen LogP contribution is 1.98. The highest BCUT2D eigenvalue weighted by molar-refractivity contribution is 9.09. The molecule has 0 saturated carbocycles. The fourth-order valence-electron chi connectivity index (χ4n) is 0.686. The first-order chi connectivity index (χ1) is 6.95. The molecule has 0 amide bonds. The fraction of sp³-hybridized carbons (Fsp3) is 0.500. The minimum Gasteiger partial charge on any atom is -0.481 e. The molecule has 0 aromatic carbocycles. The van der Waals surface area contributed by atoms with Gasteiger partial charge in [-0.1, -0.05) is 15.9 Å². The van der Waals surface area contributed by atoms with Crippen molar-refractivity contribution >= 4 is 39.6 Å². The van der Waals surface area contributed by atoms with Crippen molar-refractivity contribution in [3.63, 3.8) is 0 Å². The van der Waals surface area contributed by atoms with E-state index in [2.05, 4.69) is 20.7 Å². The molecule has 0 aliphatic carbocycles. The van der Waals surface area contributed by atoms with E-state index in [1.54, 1.807) is 0 Å². The van der Waals surface area contributed by atoms with Crippen molar-refractivity contribution in [3.05, 3.63) is 0 Å². The first kappa shape index (κ1) is 13.8. The second-order valence-electron chi connectivity index (χ2n) is 2.59. The summed E-state index contributed by atoms with van der Waals surface area (Å²) in [5, 5.41) is 8.11. The second-order valence-corrected chi connectivity index (χ2v) is 3.15. The number of rotatable bonds is 6. The molecular weight excluding hydrogens is 272 g/mol. The lowest BCUT2D eigenvalue weighted by molar-refractivity contribution is -0.158.